The fourth-order valence-electron chi connectivity index (χ4n) is 2.81. The summed E-state index contributed by atoms with van der Waals surface area (Å²) in [5.74, 6) is -0.0988. The second-order valence-electron chi connectivity index (χ2n) is 6.17. The fourth-order valence-corrected chi connectivity index (χ4v) is 2.81. The molecule has 3 heteroatoms. The minimum absolute atomic E-state index is 0.234. The summed E-state index contributed by atoms with van der Waals surface area (Å²) >= 11 is 0. The van der Waals surface area contributed by atoms with Crippen molar-refractivity contribution < 1.29 is 9.90 Å². The number of hydrogen-bond acceptors (Lipinski definition) is 2. The molecule has 0 aromatic heterocycles. The molecule has 2 rings (SSSR count). The second kappa shape index (κ2) is 6.89. The van der Waals surface area contributed by atoms with Crippen LogP contribution in [0.2, 0.25) is 0 Å². The summed E-state index contributed by atoms with van der Waals surface area (Å²) in [7, 11) is 0. The number of nitrogens with zero attached hydrogens (tertiary/aromatic N) is 1. The third-order valence-electron chi connectivity index (χ3n) is 3.88. The van der Waals surface area contributed by atoms with E-state index in [0.717, 1.165) is 6.42 Å². The van der Waals surface area contributed by atoms with Gasteiger partial charge in [-0.3, -0.25) is 9.69 Å². The molecule has 1 aromatic rings. The second-order valence-corrected chi connectivity index (χ2v) is 6.17. The zero-order valence-corrected chi connectivity index (χ0v) is 12.5. The van der Waals surface area contributed by atoms with Gasteiger partial charge in [0.15, 0.2) is 0 Å². The van der Waals surface area contributed by atoms with E-state index >= 15 is 0 Å². The van der Waals surface area contributed by atoms with Crippen LogP contribution < -0.4 is 0 Å². The van der Waals surface area contributed by atoms with Crippen LogP contribution in [-0.4, -0.2) is 28.6 Å². The van der Waals surface area contributed by atoms with Gasteiger partial charge in [0.1, 0.15) is 0 Å². The van der Waals surface area contributed by atoms with Crippen LogP contribution in [0.1, 0.15) is 51.1 Å². The zero-order chi connectivity index (χ0) is 14.5. The highest BCUT2D eigenvalue weighted by Gasteiger charge is 2.34. The van der Waals surface area contributed by atoms with Gasteiger partial charge in [-0.25, -0.2) is 0 Å². The molecule has 0 bridgehead atoms. The maximum atomic E-state index is 10.9. The minimum atomic E-state index is -0.702. The minimum Gasteiger partial charge on any atom is -0.481 e. The lowest BCUT2D eigenvalue weighted by Gasteiger charge is -2.33. The predicted octanol–water partition coefficient (Wildman–Crippen LogP) is 3.71. The zero-order valence-electron chi connectivity index (χ0n) is 12.5. The van der Waals surface area contributed by atoms with E-state index < -0.39 is 5.97 Å². The molecule has 1 aliphatic rings. The van der Waals surface area contributed by atoms with Gasteiger partial charge < -0.3 is 5.11 Å². The molecule has 0 heterocycles. The topological polar surface area (TPSA) is 40.5 Å². The molecule has 0 spiro atoms. The highest BCUT2D eigenvalue weighted by Crippen LogP contribution is 2.37. The van der Waals surface area contributed by atoms with Gasteiger partial charge in [0, 0.05) is 18.6 Å². The maximum Gasteiger partial charge on any atom is 0.304 e. The lowest BCUT2D eigenvalue weighted by Crippen LogP contribution is -2.33. The van der Waals surface area contributed by atoms with Crippen molar-refractivity contribution in [3.63, 3.8) is 0 Å². The summed E-state index contributed by atoms with van der Waals surface area (Å²) in [6.07, 6.45) is 3.74. The summed E-state index contributed by atoms with van der Waals surface area (Å²) in [4.78, 5) is 13.3. The first-order valence-electron chi connectivity index (χ1n) is 7.60. The van der Waals surface area contributed by atoms with Gasteiger partial charge in [0.2, 0.25) is 0 Å². The predicted molar refractivity (Wildman–Crippen MR) is 80.6 cm³/mol. The van der Waals surface area contributed by atoms with Crippen molar-refractivity contribution in [1.82, 2.24) is 4.90 Å². The average Bonchev–Trinajstić information content (AvgIpc) is 3.22. The third-order valence-corrected chi connectivity index (χ3v) is 3.88. The van der Waals surface area contributed by atoms with Gasteiger partial charge in [0.05, 0.1) is 6.42 Å². The van der Waals surface area contributed by atoms with Crippen LogP contribution >= 0.6 is 0 Å². The van der Waals surface area contributed by atoms with Crippen molar-refractivity contribution >= 4 is 5.97 Å². The molecule has 1 N–H and O–H groups in total. The molecule has 110 valence electrons. The van der Waals surface area contributed by atoms with Crippen LogP contribution in [0.25, 0.3) is 0 Å². The number of carboxylic acids is 1. The van der Waals surface area contributed by atoms with Crippen LogP contribution in [0.4, 0.5) is 0 Å². The van der Waals surface area contributed by atoms with E-state index in [9.17, 15) is 4.79 Å². The standard InChI is InChI=1S/C17H25NO2/c1-13(2)12-16(14-6-4-3-5-7-14)18(15-8-9-15)11-10-17(19)20/h3-7,13,15-16H,8-12H2,1-2H3,(H,19,20). The third kappa shape index (κ3) is 4.34. The van der Waals surface area contributed by atoms with Crippen LogP contribution in [0, 0.1) is 5.92 Å². The Balaban J connectivity index is 2.15. The van der Waals surface area contributed by atoms with Gasteiger partial charge in [-0.1, -0.05) is 44.2 Å². The summed E-state index contributed by atoms with van der Waals surface area (Å²) in [6.45, 7) is 5.13. The Morgan fingerprint density at radius 1 is 1.30 bits per heavy atom. The van der Waals surface area contributed by atoms with E-state index in [1.165, 1.54) is 18.4 Å². The number of carbonyl (C=O) groups is 1. The summed E-state index contributed by atoms with van der Waals surface area (Å²) in [5.41, 5.74) is 1.32. The largest absolute Gasteiger partial charge is 0.481 e. The van der Waals surface area contributed by atoms with Crippen LogP contribution in [0.15, 0.2) is 30.3 Å². The molecule has 1 saturated carbocycles. The Bertz CT molecular complexity index is 426. The van der Waals surface area contributed by atoms with Gasteiger partial charge in [-0.15, -0.1) is 0 Å². The number of hydrogen-bond donors (Lipinski definition) is 1. The number of benzene rings is 1. The lowest BCUT2D eigenvalue weighted by atomic mass is 9.95. The first-order chi connectivity index (χ1) is 9.58. The number of rotatable bonds is 8. The smallest absolute Gasteiger partial charge is 0.304 e. The highest BCUT2D eigenvalue weighted by molar-refractivity contribution is 5.66. The Hall–Kier alpha value is -1.35. The van der Waals surface area contributed by atoms with Crippen molar-refractivity contribution in [2.75, 3.05) is 6.54 Å². The van der Waals surface area contributed by atoms with Crippen molar-refractivity contribution in [3.8, 4) is 0 Å². The van der Waals surface area contributed by atoms with Crippen LogP contribution in [0.3, 0.4) is 0 Å². The van der Waals surface area contributed by atoms with E-state index in [1.54, 1.807) is 0 Å². The highest BCUT2D eigenvalue weighted by atomic mass is 16.4. The SMILES string of the molecule is CC(C)CC(c1ccccc1)N(CCC(=O)O)C1CC1. The molecule has 1 fully saturated rings. The molecular weight excluding hydrogens is 250 g/mol. The Labute approximate surface area is 121 Å². The Kier molecular flexibility index (Phi) is 5.18. The van der Waals surface area contributed by atoms with Gasteiger partial charge >= 0.3 is 5.97 Å². The number of aliphatic carboxylic acids is 1. The molecule has 0 aliphatic heterocycles. The lowest BCUT2D eigenvalue weighted by molar-refractivity contribution is -0.137. The number of carboxylic acid groups (broad SMARTS) is 1. The monoisotopic (exact) mass is 275 g/mol. The van der Waals surface area contributed by atoms with Crippen molar-refractivity contribution in [2.24, 2.45) is 5.92 Å². The van der Waals surface area contributed by atoms with E-state index in [2.05, 4.69) is 43.0 Å². The summed E-state index contributed by atoms with van der Waals surface area (Å²) in [5, 5.41) is 8.97. The van der Waals surface area contributed by atoms with Gasteiger partial charge in [0.25, 0.3) is 0 Å². The molecule has 0 saturated heterocycles. The molecule has 1 aliphatic carbocycles. The summed E-state index contributed by atoms with van der Waals surface area (Å²) in [6, 6.07) is 11.5. The van der Waals surface area contributed by atoms with Crippen molar-refractivity contribution in [1.29, 1.82) is 0 Å². The molecule has 0 amide bonds. The fraction of sp³-hybridized carbons (Fsp3) is 0.588. The van der Waals surface area contributed by atoms with E-state index in [0.29, 0.717) is 24.5 Å². The Morgan fingerprint density at radius 2 is 1.95 bits per heavy atom. The molecule has 3 nitrogen and oxygen atoms in total. The molecule has 1 unspecified atom stereocenters. The molecular formula is C17H25NO2. The van der Waals surface area contributed by atoms with E-state index in [1.807, 2.05) is 6.07 Å². The maximum absolute atomic E-state index is 10.9. The Morgan fingerprint density at radius 3 is 2.45 bits per heavy atom. The van der Waals surface area contributed by atoms with E-state index in [-0.39, 0.29) is 6.42 Å². The van der Waals surface area contributed by atoms with Crippen molar-refractivity contribution in [3.05, 3.63) is 35.9 Å². The molecule has 1 aromatic carbocycles. The van der Waals surface area contributed by atoms with Crippen LogP contribution in [-0.2, 0) is 4.79 Å². The quantitative estimate of drug-likeness (QED) is 0.786. The van der Waals surface area contributed by atoms with Crippen LogP contribution in [0.5, 0.6) is 0 Å². The molecule has 0 radical (unpaired) electrons. The normalized spacial score (nSPS) is 16.6. The van der Waals surface area contributed by atoms with E-state index in [4.69, 9.17) is 5.11 Å². The molecule has 1 atom stereocenters. The van der Waals surface area contributed by atoms with Gasteiger partial charge in [-0.05, 0) is 30.7 Å². The van der Waals surface area contributed by atoms with Gasteiger partial charge in [-0.2, -0.15) is 0 Å². The van der Waals surface area contributed by atoms with Crippen molar-refractivity contribution in [2.45, 2.75) is 51.6 Å². The summed E-state index contributed by atoms with van der Waals surface area (Å²) < 4.78 is 0. The average molecular weight is 275 g/mol. The molecule has 20 heavy (non-hydrogen) atoms. The first-order valence-corrected chi connectivity index (χ1v) is 7.60. The first kappa shape index (κ1) is 15.0.